The minimum Gasteiger partial charge on any atom is -0.394 e. The van der Waals surface area contributed by atoms with Crippen LogP contribution in [0.2, 0.25) is 0 Å². The number of unbranched alkanes of at least 4 members (excludes halogenated alkanes) is 1. The van der Waals surface area contributed by atoms with Gasteiger partial charge in [-0.25, -0.2) is 0 Å². The fourth-order valence-corrected chi connectivity index (χ4v) is 1.77. The molecule has 96 valence electrons. The summed E-state index contributed by atoms with van der Waals surface area (Å²) in [5.41, 5.74) is 0.566. The lowest BCUT2D eigenvalue weighted by molar-refractivity contribution is 0.0363. The van der Waals surface area contributed by atoms with Gasteiger partial charge in [0.05, 0.1) is 18.8 Å². The van der Waals surface area contributed by atoms with Gasteiger partial charge in [-0.2, -0.15) is 0 Å². The van der Waals surface area contributed by atoms with E-state index < -0.39 is 5.54 Å². The van der Waals surface area contributed by atoms with E-state index in [0.717, 1.165) is 25.0 Å². The van der Waals surface area contributed by atoms with Crippen LogP contribution in [0.4, 0.5) is 0 Å². The molecule has 0 saturated carbocycles. The van der Waals surface area contributed by atoms with Gasteiger partial charge < -0.3 is 15.2 Å². The monoisotopic (exact) mass is 237 g/mol. The Kier molecular flexibility index (Phi) is 6.19. The third kappa shape index (κ3) is 3.80. The second kappa shape index (κ2) is 7.43. The van der Waals surface area contributed by atoms with Crippen LogP contribution in [0.3, 0.4) is 0 Å². The third-order valence-corrected chi connectivity index (χ3v) is 3.07. The number of rotatable bonds is 8. The Hall–Kier alpha value is -0.900. The predicted octanol–water partition coefficient (Wildman–Crippen LogP) is 1.91. The van der Waals surface area contributed by atoms with E-state index in [1.165, 1.54) is 0 Å². The van der Waals surface area contributed by atoms with Crippen LogP contribution in [-0.4, -0.2) is 32.0 Å². The van der Waals surface area contributed by atoms with Gasteiger partial charge in [0.2, 0.25) is 0 Å². The van der Waals surface area contributed by atoms with Gasteiger partial charge in [0.25, 0.3) is 0 Å². The van der Waals surface area contributed by atoms with Crippen molar-refractivity contribution in [3.8, 4) is 0 Å². The maximum Gasteiger partial charge on any atom is 0.0903 e. The summed E-state index contributed by atoms with van der Waals surface area (Å²) in [6.07, 6.45) is 2.18. The molecule has 0 bridgehead atoms. The smallest absolute Gasteiger partial charge is 0.0903 e. The number of benzene rings is 1. The SMILES string of the molecule is CCCCOCC(CO)(NC)c1ccccc1. The summed E-state index contributed by atoms with van der Waals surface area (Å²) in [7, 11) is 1.85. The molecule has 3 nitrogen and oxygen atoms in total. The van der Waals surface area contributed by atoms with E-state index in [2.05, 4.69) is 12.2 Å². The molecule has 17 heavy (non-hydrogen) atoms. The molecule has 0 saturated heterocycles. The average Bonchev–Trinajstić information content (AvgIpc) is 2.41. The summed E-state index contributed by atoms with van der Waals surface area (Å²) in [6, 6.07) is 9.94. The van der Waals surface area contributed by atoms with Crippen molar-refractivity contribution >= 4 is 0 Å². The van der Waals surface area contributed by atoms with E-state index in [1.54, 1.807) is 0 Å². The molecular formula is C14H23NO2. The zero-order chi connectivity index (χ0) is 12.6. The Morgan fingerprint density at radius 2 is 2.00 bits per heavy atom. The Bertz CT molecular complexity index is 296. The topological polar surface area (TPSA) is 41.5 Å². The van der Waals surface area contributed by atoms with Crippen molar-refractivity contribution in [1.29, 1.82) is 0 Å². The molecular weight excluding hydrogens is 214 g/mol. The standard InChI is InChI=1S/C14H23NO2/c1-3-4-10-17-12-14(11-16,15-2)13-8-6-5-7-9-13/h5-9,15-16H,3-4,10-12H2,1-2H3. The molecule has 1 unspecified atom stereocenters. The van der Waals surface area contributed by atoms with Crippen molar-refractivity contribution in [3.63, 3.8) is 0 Å². The van der Waals surface area contributed by atoms with Crippen LogP contribution in [0.1, 0.15) is 25.3 Å². The van der Waals surface area contributed by atoms with Gasteiger partial charge in [-0.1, -0.05) is 43.7 Å². The van der Waals surface area contributed by atoms with Crippen molar-refractivity contribution in [3.05, 3.63) is 35.9 Å². The summed E-state index contributed by atoms with van der Waals surface area (Å²) in [5.74, 6) is 0. The molecule has 0 aromatic heterocycles. The number of nitrogens with one attached hydrogen (secondary N) is 1. The molecule has 1 atom stereocenters. The van der Waals surface area contributed by atoms with Crippen molar-refractivity contribution < 1.29 is 9.84 Å². The average molecular weight is 237 g/mol. The van der Waals surface area contributed by atoms with Crippen LogP contribution in [0, 0.1) is 0 Å². The van der Waals surface area contributed by atoms with Crippen molar-refractivity contribution in [2.24, 2.45) is 0 Å². The van der Waals surface area contributed by atoms with Crippen LogP contribution in [0.15, 0.2) is 30.3 Å². The highest BCUT2D eigenvalue weighted by Crippen LogP contribution is 2.20. The fraction of sp³-hybridized carbons (Fsp3) is 0.571. The van der Waals surface area contributed by atoms with Gasteiger partial charge in [-0.15, -0.1) is 0 Å². The van der Waals surface area contributed by atoms with Crippen LogP contribution in [0.25, 0.3) is 0 Å². The highest BCUT2D eigenvalue weighted by Gasteiger charge is 2.29. The summed E-state index contributed by atoms with van der Waals surface area (Å²) in [5, 5.41) is 12.8. The lowest BCUT2D eigenvalue weighted by Crippen LogP contribution is -2.47. The van der Waals surface area contributed by atoms with Crippen molar-refractivity contribution in [1.82, 2.24) is 5.32 Å². The van der Waals surface area contributed by atoms with E-state index in [0.29, 0.717) is 6.61 Å². The molecule has 1 aromatic carbocycles. The Labute approximate surface area is 104 Å². The zero-order valence-electron chi connectivity index (χ0n) is 10.8. The molecule has 0 aliphatic rings. The van der Waals surface area contributed by atoms with Crippen molar-refractivity contribution in [2.45, 2.75) is 25.3 Å². The first kappa shape index (κ1) is 14.2. The number of aliphatic hydroxyl groups is 1. The van der Waals surface area contributed by atoms with Crippen LogP contribution in [0.5, 0.6) is 0 Å². The summed E-state index contributed by atoms with van der Waals surface area (Å²) >= 11 is 0. The highest BCUT2D eigenvalue weighted by atomic mass is 16.5. The predicted molar refractivity (Wildman–Crippen MR) is 70.0 cm³/mol. The summed E-state index contributed by atoms with van der Waals surface area (Å²) < 4.78 is 5.65. The van der Waals surface area contributed by atoms with Gasteiger partial charge >= 0.3 is 0 Å². The molecule has 3 heteroatoms. The fourth-order valence-electron chi connectivity index (χ4n) is 1.77. The van der Waals surface area contributed by atoms with Gasteiger partial charge in [0, 0.05) is 6.61 Å². The number of ether oxygens (including phenoxy) is 1. The number of hydrogen-bond donors (Lipinski definition) is 2. The Balaban J connectivity index is 2.68. The lowest BCUT2D eigenvalue weighted by Gasteiger charge is -2.32. The first-order valence-electron chi connectivity index (χ1n) is 6.22. The van der Waals surface area contributed by atoms with Gasteiger partial charge in [-0.05, 0) is 19.0 Å². The Morgan fingerprint density at radius 1 is 1.29 bits per heavy atom. The molecule has 0 heterocycles. The zero-order valence-corrected chi connectivity index (χ0v) is 10.8. The molecule has 0 aliphatic carbocycles. The molecule has 2 N–H and O–H groups in total. The van der Waals surface area contributed by atoms with E-state index in [4.69, 9.17) is 4.74 Å². The molecule has 0 fully saturated rings. The summed E-state index contributed by atoms with van der Waals surface area (Å²) in [6.45, 7) is 3.40. The largest absolute Gasteiger partial charge is 0.394 e. The highest BCUT2D eigenvalue weighted by molar-refractivity contribution is 5.24. The minimum atomic E-state index is -0.491. The first-order chi connectivity index (χ1) is 8.29. The van der Waals surface area contributed by atoms with Crippen LogP contribution in [-0.2, 0) is 10.3 Å². The van der Waals surface area contributed by atoms with E-state index in [-0.39, 0.29) is 6.61 Å². The minimum absolute atomic E-state index is 0.0274. The second-order valence-electron chi connectivity index (χ2n) is 4.26. The van der Waals surface area contributed by atoms with Gasteiger partial charge in [0.15, 0.2) is 0 Å². The third-order valence-electron chi connectivity index (χ3n) is 3.07. The molecule has 0 amide bonds. The number of hydrogen-bond acceptors (Lipinski definition) is 3. The maximum atomic E-state index is 9.64. The maximum absolute atomic E-state index is 9.64. The molecule has 0 spiro atoms. The van der Waals surface area contributed by atoms with E-state index in [1.807, 2.05) is 37.4 Å². The van der Waals surface area contributed by atoms with Gasteiger partial charge in [-0.3, -0.25) is 0 Å². The first-order valence-corrected chi connectivity index (χ1v) is 6.22. The van der Waals surface area contributed by atoms with E-state index in [9.17, 15) is 5.11 Å². The normalized spacial score (nSPS) is 14.5. The second-order valence-corrected chi connectivity index (χ2v) is 4.26. The van der Waals surface area contributed by atoms with Crippen LogP contribution >= 0.6 is 0 Å². The molecule has 1 aromatic rings. The molecule has 1 rings (SSSR count). The summed E-state index contributed by atoms with van der Waals surface area (Å²) in [4.78, 5) is 0. The lowest BCUT2D eigenvalue weighted by atomic mass is 9.92. The van der Waals surface area contributed by atoms with Crippen molar-refractivity contribution in [2.75, 3.05) is 26.9 Å². The van der Waals surface area contributed by atoms with Crippen LogP contribution < -0.4 is 5.32 Å². The number of likely N-dealkylation sites (N-methyl/N-ethyl adjacent to an activating group) is 1. The molecule has 0 radical (unpaired) electrons. The number of aliphatic hydroxyl groups excluding tert-OH is 1. The Morgan fingerprint density at radius 3 is 2.53 bits per heavy atom. The van der Waals surface area contributed by atoms with E-state index >= 15 is 0 Å². The molecule has 0 aliphatic heterocycles. The van der Waals surface area contributed by atoms with Gasteiger partial charge in [0.1, 0.15) is 0 Å². The quantitative estimate of drug-likeness (QED) is 0.679.